The Kier molecular flexibility index (Phi) is 3.97. The molecule has 1 unspecified atom stereocenters. The van der Waals surface area contributed by atoms with Gasteiger partial charge in [0.15, 0.2) is 0 Å². The van der Waals surface area contributed by atoms with Gasteiger partial charge in [0, 0.05) is 0 Å². The van der Waals surface area contributed by atoms with E-state index in [1.54, 1.807) is 12.1 Å². The zero-order valence-corrected chi connectivity index (χ0v) is 11.4. The van der Waals surface area contributed by atoms with Gasteiger partial charge in [-0.25, -0.2) is 0 Å². The van der Waals surface area contributed by atoms with Crippen LogP contribution in [-0.2, 0) is 20.7 Å². The summed E-state index contributed by atoms with van der Waals surface area (Å²) in [5.41, 5.74) is -4.20. The molecule has 0 amide bonds. The highest BCUT2D eigenvalue weighted by atomic mass is 32.2. The Morgan fingerprint density at radius 3 is 2.60 bits per heavy atom. The summed E-state index contributed by atoms with van der Waals surface area (Å²) in [6.45, 7) is 0. The zero-order valence-electron chi connectivity index (χ0n) is 10.6. The lowest BCUT2D eigenvalue weighted by Crippen LogP contribution is -2.28. The first-order valence-corrected chi connectivity index (χ1v) is 7.32. The summed E-state index contributed by atoms with van der Waals surface area (Å²) in [5.74, 6) is 0.448. The van der Waals surface area contributed by atoms with Crippen molar-refractivity contribution in [1.82, 2.24) is 0 Å². The molecule has 1 aliphatic carbocycles. The summed E-state index contributed by atoms with van der Waals surface area (Å²) in [5, 5.41) is 0. The first-order chi connectivity index (χ1) is 9.24. The van der Waals surface area contributed by atoms with E-state index in [0.29, 0.717) is 24.2 Å². The molecule has 2 rings (SSSR count). The largest absolute Gasteiger partial charge is 0.523 e. The Balaban J connectivity index is 2.33. The number of benzene rings is 1. The Labute approximate surface area is 114 Å². The first kappa shape index (κ1) is 15.1. The lowest BCUT2D eigenvalue weighted by molar-refractivity contribution is -0.0580. The number of rotatable bonds is 3. The Morgan fingerprint density at radius 1 is 1.30 bits per heavy atom. The number of alkyl halides is 3. The van der Waals surface area contributed by atoms with Crippen LogP contribution in [0.25, 0.3) is 0 Å². The van der Waals surface area contributed by atoms with E-state index in [0.717, 1.165) is 5.56 Å². The molecule has 1 aromatic carbocycles. The molecule has 0 saturated heterocycles. The third-order valence-corrected chi connectivity index (χ3v) is 4.19. The molecule has 0 aromatic heterocycles. The smallest absolute Gasteiger partial charge is 0.497 e. The van der Waals surface area contributed by atoms with Crippen LogP contribution in [0, 0.1) is 0 Å². The monoisotopic (exact) mass is 310 g/mol. The van der Waals surface area contributed by atoms with Crippen molar-refractivity contribution in [2.24, 2.45) is 0 Å². The lowest BCUT2D eigenvalue weighted by atomic mass is 9.89. The normalized spacial score (nSPS) is 19.5. The predicted octanol–water partition coefficient (Wildman–Crippen LogP) is 2.94. The molecule has 0 bridgehead atoms. The highest BCUT2D eigenvalue weighted by Crippen LogP contribution is 2.38. The van der Waals surface area contributed by atoms with E-state index < -0.39 is 21.7 Å². The van der Waals surface area contributed by atoms with Crippen molar-refractivity contribution < 1.29 is 30.5 Å². The molecule has 112 valence electrons. The molecule has 1 aliphatic rings. The van der Waals surface area contributed by atoms with E-state index in [4.69, 9.17) is 4.74 Å². The number of methoxy groups -OCH3 is 1. The minimum Gasteiger partial charge on any atom is -0.497 e. The number of hydrogen-bond donors (Lipinski definition) is 0. The van der Waals surface area contributed by atoms with Crippen molar-refractivity contribution in [1.29, 1.82) is 0 Å². The fourth-order valence-corrected chi connectivity index (χ4v) is 2.78. The molecule has 8 heteroatoms. The molecule has 0 fully saturated rings. The van der Waals surface area contributed by atoms with Crippen molar-refractivity contribution in [2.45, 2.75) is 30.9 Å². The summed E-state index contributed by atoms with van der Waals surface area (Å²) in [7, 11) is -4.18. The van der Waals surface area contributed by atoms with Gasteiger partial charge in [0.25, 0.3) is 0 Å². The topological polar surface area (TPSA) is 52.6 Å². The van der Waals surface area contributed by atoms with Gasteiger partial charge in [-0.2, -0.15) is 21.6 Å². The van der Waals surface area contributed by atoms with Crippen LogP contribution < -0.4 is 4.74 Å². The van der Waals surface area contributed by atoms with Gasteiger partial charge in [0.1, 0.15) is 11.9 Å². The fourth-order valence-electron chi connectivity index (χ4n) is 2.17. The van der Waals surface area contributed by atoms with Crippen molar-refractivity contribution >= 4 is 10.1 Å². The standard InChI is InChI=1S/C12H13F3O4S/c1-18-9-6-5-8-3-2-4-11(10(8)7-9)19-20(16,17)12(13,14)15/h5-7,11H,2-4H2,1H3. The highest BCUT2D eigenvalue weighted by molar-refractivity contribution is 7.87. The quantitative estimate of drug-likeness (QED) is 0.636. The van der Waals surface area contributed by atoms with E-state index in [9.17, 15) is 21.6 Å². The maximum absolute atomic E-state index is 12.4. The minimum atomic E-state index is -5.60. The van der Waals surface area contributed by atoms with Gasteiger partial charge >= 0.3 is 15.6 Å². The van der Waals surface area contributed by atoms with Gasteiger partial charge in [-0.3, -0.25) is 4.18 Å². The molecule has 0 radical (unpaired) electrons. The molecule has 0 spiro atoms. The molecule has 1 atom stereocenters. The van der Waals surface area contributed by atoms with Gasteiger partial charge in [0.2, 0.25) is 0 Å². The Morgan fingerprint density at radius 2 is 2.00 bits per heavy atom. The Bertz CT molecular complexity index is 595. The molecule has 20 heavy (non-hydrogen) atoms. The molecular formula is C12H13F3O4S. The third kappa shape index (κ3) is 2.90. The molecular weight excluding hydrogens is 297 g/mol. The second-order valence-corrected chi connectivity index (χ2v) is 6.01. The van der Waals surface area contributed by atoms with Gasteiger partial charge in [-0.05, 0) is 42.5 Å². The van der Waals surface area contributed by atoms with E-state index in [1.807, 2.05) is 0 Å². The van der Waals surface area contributed by atoms with Crippen LogP contribution in [0.5, 0.6) is 5.75 Å². The van der Waals surface area contributed by atoms with Crippen LogP contribution in [0.3, 0.4) is 0 Å². The van der Waals surface area contributed by atoms with Crippen LogP contribution in [0.1, 0.15) is 30.1 Å². The number of fused-ring (bicyclic) bond motifs is 1. The van der Waals surface area contributed by atoms with Crippen molar-refractivity contribution in [2.75, 3.05) is 7.11 Å². The number of aryl methyl sites for hydroxylation is 1. The summed E-state index contributed by atoms with van der Waals surface area (Å²) >= 11 is 0. The molecule has 0 aliphatic heterocycles. The van der Waals surface area contributed by atoms with Crippen LogP contribution in [0.4, 0.5) is 13.2 Å². The zero-order chi connectivity index (χ0) is 15.0. The SMILES string of the molecule is COc1ccc2c(c1)C(OS(=O)(=O)C(F)(F)F)CCC2. The molecule has 0 N–H and O–H groups in total. The third-order valence-electron chi connectivity index (χ3n) is 3.14. The summed E-state index contributed by atoms with van der Waals surface area (Å²) in [4.78, 5) is 0. The molecule has 0 heterocycles. The maximum Gasteiger partial charge on any atom is 0.523 e. The molecule has 0 saturated carbocycles. The maximum atomic E-state index is 12.4. The van der Waals surface area contributed by atoms with Crippen molar-refractivity contribution in [3.05, 3.63) is 29.3 Å². The predicted molar refractivity (Wildman–Crippen MR) is 64.7 cm³/mol. The first-order valence-electron chi connectivity index (χ1n) is 5.91. The van der Waals surface area contributed by atoms with Gasteiger partial charge in [-0.1, -0.05) is 6.07 Å². The Hall–Kier alpha value is -1.28. The summed E-state index contributed by atoms with van der Waals surface area (Å²) in [6, 6.07) is 4.91. The molecule has 1 aromatic rings. The average Bonchev–Trinajstić information content (AvgIpc) is 2.37. The van der Waals surface area contributed by atoms with Gasteiger partial charge < -0.3 is 4.74 Å². The fraction of sp³-hybridized carbons (Fsp3) is 0.500. The van der Waals surface area contributed by atoms with Gasteiger partial charge in [0.05, 0.1) is 7.11 Å². The number of ether oxygens (including phenoxy) is 1. The van der Waals surface area contributed by atoms with Crippen LogP contribution in [0.15, 0.2) is 18.2 Å². The van der Waals surface area contributed by atoms with E-state index >= 15 is 0 Å². The highest BCUT2D eigenvalue weighted by Gasteiger charge is 2.49. The molecule has 4 nitrogen and oxygen atoms in total. The summed E-state index contributed by atoms with van der Waals surface area (Å²) in [6.07, 6.45) is 0.332. The van der Waals surface area contributed by atoms with E-state index in [-0.39, 0.29) is 6.42 Å². The number of halogens is 3. The van der Waals surface area contributed by atoms with Gasteiger partial charge in [-0.15, -0.1) is 0 Å². The van der Waals surface area contributed by atoms with Crippen LogP contribution >= 0.6 is 0 Å². The second kappa shape index (κ2) is 5.25. The van der Waals surface area contributed by atoms with E-state index in [2.05, 4.69) is 4.18 Å². The lowest BCUT2D eigenvalue weighted by Gasteiger charge is -2.25. The van der Waals surface area contributed by atoms with Crippen molar-refractivity contribution in [3.63, 3.8) is 0 Å². The van der Waals surface area contributed by atoms with Crippen molar-refractivity contribution in [3.8, 4) is 5.75 Å². The summed E-state index contributed by atoms with van der Waals surface area (Å²) < 4.78 is 68.7. The van der Waals surface area contributed by atoms with E-state index in [1.165, 1.54) is 13.2 Å². The van der Waals surface area contributed by atoms with Crippen LogP contribution in [-0.4, -0.2) is 21.0 Å². The van der Waals surface area contributed by atoms with Crippen LogP contribution in [0.2, 0.25) is 0 Å². The minimum absolute atomic E-state index is 0.218. The second-order valence-electron chi connectivity index (χ2n) is 4.44. The average molecular weight is 310 g/mol. The number of hydrogen-bond acceptors (Lipinski definition) is 4.